The van der Waals surface area contributed by atoms with Crippen LogP contribution in [-0.2, 0) is 4.79 Å². The SMILES string of the molecule is CCSc1nc(SC)c2c(Nc3cc(C)ccc3Sc3ccc(NC(C)=O)cc3)ncnc2n1. The van der Waals surface area contributed by atoms with Crippen LogP contribution >= 0.6 is 35.3 Å². The fourth-order valence-corrected chi connectivity index (χ4v) is 5.32. The summed E-state index contributed by atoms with van der Waals surface area (Å²) in [6, 6.07) is 14.1. The summed E-state index contributed by atoms with van der Waals surface area (Å²) >= 11 is 4.79. The summed E-state index contributed by atoms with van der Waals surface area (Å²) in [5, 5.41) is 8.69. The number of fused-ring (bicyclic) bond motifs is 1. The van der Waals surface area contributed by atoms with E-state index in [1.54, 1.807) is 35.3 Å². The molecule has 0 saturated heterocycles. The quantitative estimate of drug-likeness (QED) is 0.159. The van der Waals surface area contributed by atoms with Gasteiger partial charge in [0.1, 0.15) is 17.2 Å². The van der Waals surface area contributed by atoms with Gasteiger partial charge in [0.05, 0.1) is 11.1 Å². The molecule has 0 bridgehead atoms. The summed E-state index contributed by atoms with van der Waals surface area (Å²) in [5.74, 6) is 1.48. The Morgan fingerprint density at radius 3 is 2.56 bits per heavy atom. The van der Waals surface area contributed by atoms with E-state index in [1.807, 2.05) is 30.5 Å². The summed E-state index contributed by atoms with van der Waals surface area (Å²) in [5.41, 5.74) is 3.48. The molecule has 4 aromatic rings. The Labute approximate surface area is 211 Å². The van der Waals surface area contributed by atoms with E-state index in [1.165, 1.54) is 13.3 Å². The maximum atomic E-state index is 11.3. The smallest absolute Gasteiger partial charge is 0.221 e. The largest absolute Gasteiger partial charge is 0.339 e. The van der Waals surface area contributed by atoms with Gasteiger partial charge < -0.3 is 10.6 Å². The second-order valence-corrected chi connectivity index (χ2v) is 10.4. The van der Waals surface area contributed by atoms with Crippen molar-refractivity contribution in [1.29, 1.82) is 0 Å². The molecule has 1 amide bonds. The van der Waals surface area contributed by atoms with Gasteiger partial charge in [-0.15, -0.1) is 11.8 Å². The lowest BCUT2D eigenvalue weighted by molar-refractivity contribution is -0.114. The van der Waals surface area contributed by atoms with E-state index < -0.39 is 0 Å². The van der Waals surface area contributed by atoms with Crippen molar-refractivity contribution in [3.63, 3.8) is 0 Å². The van der Waals surface area contributed by atoms with Crippen molar-refractivity contribution < 1.29 is 4.79 Å². The van der Waals surface area contributed by atoms with E-state index in [2.05, 4.69) is 57.6 Å². The lowest BCUT2D eigenvalue weighted by atomic mass is 10.2. The molecular weight excluding hydrogens is 485 g/mol. The van der Waals surface area contributed by atoms with Gasteiger partial charge in [0.15, 0.2) is 10.8 Å². The molecule has 0 aliphatic rings. The maximum Gasteiger partial charge on any atom is 0.221 e. The van der Waals surface area contributed by atoms with Crippen LogP contribution in [-0.4, -0.2) is 37.9 Å². The number of hydrogen-bond acceptors (Lipinski definition) is 9. The minimum absolute atomic E-state index is 0.0866. The van der Waals surface area contributed by atoms with Gasteiger partial charge in [-0.1, -0.05) is 36.5 Å². The molecule has 0 aliphatic carbocycles. The van der Waals surface area contributed by atoms with E-state index in [4.69, 9.17) is 4.98 Å². The molecule has 0 spiro atoms. The number of hydrogen-bond donors (Lipinski definition) is 2. The first-order valence-corrected chi connectivity index (χ1v) is 13.6. The number of amides is 1. The molecule has 0 fully saturated rings. The van der Waals surface area contributed by atoms with E-state index in [0.29, 0.717) is 11.5 Å². The Bertz CT molecular complexity index is 1330. The predicted octanol–water partition coefficient (Wildman–Crippen LogP) is 6.42. The average molecular weight is 509 g/mol. The highest BCUT2D eigenvalue weighted by atomic mass is 32.2. The molecular formula is C24H24N6OS3. The molecule has 10 heteroatoms. The van der Waals surface area contributed by atoms with E-state index >= 15 is 0 Å². The summed E-state index contributed by atoms with van der Waals surface area (Å²) in [6.07, 6.45) is 3.53. The zero-order chi connectivity index (χ0) is 24.1. The summed E-state index contributed by atoms with van der Waals surface area (Å²) < 4.78 is 0. The van der Waals surface area contributed by atoms with Crippen molar-refractivity contribution in [1.82, 2.24) is 19.9 Å². The molecule has 2 aromatic carbocycles. The number of rotatable bonds is 8. The number of carbonyl (C=O) groups is 1. The Hall–Kier alpha value is -2.82. The fourth-order valence-electron chi connectivity index (χ4n) is 3.25. The predicted molar refractivity (Wildman–Crippen MR) is 143 cm³/mol. The lowest BCUT2D eigenvalue weighted by Crippen LogP contribution is -2.05. The van der Waals surface area contributed by atoms with Crippen LogP contribution in [0, 0.1) is 6.92 Å². The number of aryl methyl sites for hydroxylation is 1. The summed E-state index contributed by atoms with van der Waals surface area (Å²) in [6.45, 7) is 5.64. The highest BCUT2D eigenvalue weighted by Gasteiger charge is 2.15. The van der Waals surface area contributed by atoms with Crippen LogP contribution in [0.4, 0.5) is 17.2 Å². The highest BCUT2D eigenvalue weighted by Crippen LogP contribution is 2.38. The molecule has 0 aliphatic heterocycles. The Morgan fingerprint density at radius 2 is 1.85 bits per heavy atom. The third kappa shape index (κ3) is 5.81. The van der Waals surface area contributed by atoms with Gasteiger partial charge in [0, 0.05) is 22.4 Å². The van der Waals surface area contributed by atoms with Crippen LogP contribution in [0.3, 0.4) is 0 Å². The summed E-state index contributed by atoms with van der Waals surface area (Å²) in [7, 11) is 0. The first-order valence-electron chi connectivity index (χ1n) is 10.6. The average Bonchev–Trinajstić information content (AvgIpc) is 2.81. The Balaban J connectivity index is 1.68. The number of anilines is 3. The van der Waals surface area contributed by atoms with Crippen molar-refractivity contribution in [2.45, 2.75) is 40.7 Å². The van der Waals surface area contributed by atoms with Crippen LogP contribution in [0.15, 0.2) is 68.8 Å². The van der Waals surface area contributed by atoms with Crippen LogP contribution in [0.2, 0.25) is 0 Å². The second-order valence-electron chi connectivity index (χ2n) is 7.30. The standard InChI is InChI=1S/C24H24N6OS3/c1-5-33-24-29-22-20(23(30-24)32-4)21(25-13-26-22)28-18-12-14(2)6-11-19(18)34-17-9-7-16(8-10-17)27-15(3)31/h6-13H,5H2,1-4H3,(H,27,31)(H,25,26,28,29,30). The topological polar surface area (TPSA) is 92.7 Å². The Morgan fingerprint density at radius 1 is 1.06 bits per heavy atom. The van der Waals surface area contributed by atoms with Gasteiger partial charge in [0.25, 0.3) is 0 Å². The molecule has 0 radical (unpaired) electrons. The molecule has 0 unspecified atom stereocenters. The first kappa shape index (κ1) is 24.3. The van der Waals surface area contributed by atoms with Crippen LogP contribution in [0.1, 0.15) is 19.4 Å². The van der Waals surface area contributed by atoms with Crippen molar-refractivity contribution >= 4 is 69.4 Å². The van der Waals surface area contributed by atoms with Crippen molar-refractivity contribution in [3.8, 4) is 0 Å². The number of carbonyl (C=O) groups excluding carboxylic acids is 1. The summed E-state index contributed by atoms with van der Waals surface area (Å²) in [4.78, 5) is 31.7. The monoisotopic (exact) mass is 508 g/mol. The minimum atomic E-state index is -0.0866. The zero-order valence-corrected chi connectivity index (χ0v) is 21.7. The third-order valence-corrected chi connectivity index (χ3v) is 7.19. The molecule has 174 valence electrons. The molecule has 2 aromatic heterocycles. The van der Waals surface area contributed by atoms with Crippen LogP contribution < -0.4 is 10.6 Å². The van der Waals surface area contributed by atoms with Gasteiger partial charge in [-0.2, -0.15) is 0 Å². The molecule has 2 N–H and O–H groups in total. The van der Waals surface area contributed by atoms with Crippen molar-refractivity contribution in [2.24, 2.45) is 0 Å². The van der Waals surface area contributed by atoms with Gasteiger partial charge in [0.2, 0.25) is 5.91 Å². The van der Waals surface area contributed by atoms with E-state index in [9.17, 15) is 4.79 Å². The van der Waals surface area contributed by atoms with Gasteiger partial charge in [-0.25, -0.2) is 19.9 Å². The normalized spacial score (nSPS) is 10.9. The molecule has 7 nitrogen and oxygen atoms in total. The van der Waals surface area contributed by atoms with Crippen molar-refractivity contribution in [3.05, 3.63) is 54.4 Å². The molecule has 0 atom stereocenters. The number of nitrogens with zero attached hydrogens (tertiary/aromatic N) is 4. The number of benzene rings is 2. The van der Waals surface area contributed by atoms with Gasteiger partial charge in [-0.05, 0) is 60.9 Å². The van der Waals surface area contributed by atoms with Crippen molar-refractivity contribution in [2.75, 3.05) is 22.6 Å². The minimum Gasteiger partial charge on any atom is -0.339 e. The number of aromatic nitrogens is 4. The van der Waals surface area contributed by atoms with Gasteiger partial charge in [-0.3, -0.25) is 4.79 Å². The highest BCUT2D eigenvalue weighted by molar-refractivity contribution is 7.99. The molecule has 34 heavy (non-hydrogen) atoms. The van der Waals surface area contributed by atoms with E-state index in [-0.39, 0.29) is 5.91 Å². The zero-order valence-electron chi connectivity index (χ0n) is 19.2. The first-order chi connectivity index (χ1) is 16.5. The molecule has 0 saturated carbocycles. The van der Waals surface area contributed by atoms with Crippen LogP contribution in [0.5, 0.6) is 0 Å². The van der Waals surface area contributed by atoms with Gasteiger partial charge >= 0.3 is 0 Å². The second kappa shape index (κ2) is 11.1. The number of nitrogens with one attached hydrogen (secondary N) is 2. The third-order valence-electron chi connectivity index (χ3n) is 4.70. The Kier molecular flexibility index (Phi) is 7.91. The van der Waals surface area contributed by atoms with Crippen LogP contribution in [0.25, 0.3) is 11.0 Å². The lowest BCUT2D eigenvalue weighted by Gasteiger charge is -2.15. The van der Waals surface area contributed by atoms with E-state index in [0.717, 1.165) is 48.1 Å². The fraction of sp³-hybridized carbons (Fsp3) is 0.208. The molecule has 4 rings (SSSR count). The molecule has 2 heterocycles. The maximum absolute atomic E-state index is 11.3. The number of thioether (sulfide) groups is 2.